The van der Waals surface area contributed by atoms with Gasteiger partial charge >= 0.3 is 0 Å². The lowest BCUT2D eigenvalue weighted by Gasteiger charge is -2.17. The Morgan fingerprint density at radius 2 is 2.17 bits per heavy atom. The molecule has 0 aliphatic rings. The molecule has 0 spiro atoms. The lowest BCUT2D eigenvalue weighted by Crippen LogP contribution is -2.38. The average Bonchev–Trinajstić information content (AvgIpc) is 2.32. The molecule has 1 N–H and O–H groups in total. The van der Waals surface area contributed by atoms with Gasteiger partial charge in [0.15, 0.2) is 11.6 Å². The van der Waals surface area contributed by atoms with Gasteiger partial charge in [-0.3, -0.25) is 5.32 Å². The normalized spacial score (nSPS) is 11.1. The smallest absolute Gasteiger partial charge is 0.165 e. The molecule has 0 aromatic heterocycles. The first-order valence-corrected chi connectivity index (χ1v) is 6.06. The molecule has 3 nitrogen and oxygen atoms in total. The van der Waals surface area contributed by atoms with Gasteiger partial charge in [0.2, 0.25) is 0 Å². The maximum absolute atomic E-state index is 13.6. The van der Waals surface area contributed by atoms with Crippen LogP contribution in [0.4, 0.5) is 4.39 Å². The fourth-order valence-electron chi connectivity index (χ4n) is 1.53. The summed E-state index contributed by atoms with van der Waals surface area (Å²) in [6.07, 6.45) is 0.675. The molecule has 0 radical (unpaired) electrons. The van der Waals surface area contributed by atoms with E-state index < -0.39 is 5.54 Å². The van der Waals surface area contributed by atoms with Gasteiger partial charge in [0, 0.05) is 6.54 Å². The minimum absolute atomic E-state index is 0.284. The monoisotopic (exact) mass is 250 g/mol. The standard InChI is InChI=1S/C14H19FN2O/c1-4-18-13-6-5-11(9-12(13)15)7-8-17-14(2,3)10-16/h5-6,9,17H,4,7-8H2,1-3H3. The van der Waals surface area contributed by atoms with Crippen LogP contribution in [0.2, 0.25) is 0 Å². The molecule has 1 aromatic carbocycles. The lowest BCUT2D eigenvalue weighted by atomic mass is 10.1. The Hall–Kier alpha value is -1.60. The van der Waals surface area contributed by atoms with Crippen molar-refractivity contribution in [3.63, 3.8) is 0 Å². The van der Waals surface area contributed by atoms with Crippen molar-refractivity contribution in [3.8, 4) is 11.8 Å². The van der Waals surface area contributed by atoms with Gasteiger partial charge in [-0.1, -0.05) is 6.07 Å². The highest BCUT2D eigenvalue weighted by molar-refractivity contribution is 5.29. The van der Waals surface area contributed by atoms with Crippen LogP contribution < -0.4 is 10.1 Å². The van der Waals surface area contributed by atoms with E-state index in [1.807, 2.05) is 26.8 Å². The second kappa shape index (κ2) is 6.36. The van der Waals surface area contributed by atoms with Crippen LogP contribution in [0, 0.1) is 17.1 Å². The van der Waals surface area contributed by atoms with Crippen LogP contribution in [-0.4, -0.2) is 18.7 Å². The summed E-state index contributed by atoms with van der Waals surface area (Å²) < 4.78 is 18.7. The zero-order chi connectivity index (χ0) is 13.6. The first-order valence-electron chi connectivity index (χ1n) is 6.06. The molecule has 0 aliphatic carbocycles. The maximum Gasteiger partial charge on any atom is 0.165 e. The molecule has 0 aliphatic heterocycles. The number of nitriles is 1. The molecule has 0 atom stereocenters. The molecule has 0 unspecified atom stereocenters. The molecule has 0 amide bonds. The highest BCUT2D eigenvalue weighted by Gasteiger charge is 2.14. The summed E-state index contributed by atoms with van der Waals surface area (Å²) in [5.41, 5.74) is 0.335. The number of ether oxygens (including phenoxy) is 1. The van der Waals surface area contributed by atoms with Crippen molar-refractivity contribution in [2.45, 2.75) is 32.7 Å². The summed E-state index contributed by atoms with van der Waals surface area (Å²) in [4.78, 5) is 0. The van der Waals surface area contributed by atoms with E-state index in [9.17, 15) is 4.39 Å². The van der Waals surface area contributed by atoms with Gasteiger partial charge in [-0.15, -0.1) is 0 Å². The van der Waals surface area contributed by atoms with E-state index in [1.54, 1.807) is 6.07 Å². The summed E-state index contributed by atoms with van der Waals surface area (Å²) in [6.45, 7) is 6.53. The quantitative estimate of drug-likeness (QED) is 0.844. The number of benzene rings is 1. The van der Waals surface area contributed by atoms with Gasteiger partial charge in [-0.25, -0.2) is 4.39 Å². The highest BCUT2D eigenvalue weighted by Crippen LogP contribution is 2.18. The van der Waals surface area contributed by atoms with Crippen molar-refractivity contribution in [2.75, 3.05) is 13.2 Å². The van der Waals surface area contributed by atoms with Gasteiger partial charge < -0.3 is 4.74 Å². The van der Waals surface area contributed by atoms with Crippen LogP contribution in [0.5, 0.6) is 5.75 Å². The molecule has 1 rings (SSSR count). The van der Waals surface area contributed by atoms with E-state index in [0.717, 1.165) is 5.56 Å². The predicted molar refractivity (Wildman–Crippen MR) is 69.0 cm³/mol. The Labute approximate surface area is 108 Å². The Morgan fingerprint density at radius 1 is 1.44 bits per heavy atom. The van der Waals surface area contributed by atoms with E-state index >= 15 is 0 Å². The van der Waals surface area contributed by atoms with E-state index in [1.165, 1.54) is 6.07 Å². The summed E-state index contributed by atoms with van der Waals surface area (Å²) in [6, 6.07) is 7.12. The van der Waals surface area contributed by atoms with Crippen LogP contribution in [-0.2, 0) is 6.42 Å². The van der Waals surface area contributed by atoms with Crippen LogP contribution >= 0.6 is 0 Å². The van der Waals surface area contributed by atoms with Crippen molar-refractivity contribution in [1.82, 2.24) is 5.32 Å². The number of rotatable bonds is 6. The van der Waals surface area contributed by atoms with Gasteiger partial charge in [0.1, 0.15) is 5.54 Å². The van der Waals surface area contributed by atoms with Gasteiger partial charge in [-0.2, -0.15) is 5.26 Å². The largest absolute Gasteiger partial charge is 0.491 e. The Balaban J connectivity index is 2.54. The molecular weight excluding hydrogens is 231 g/mol. The van der Waals surface area contributed by atoms with E-state index in [4.69, 9.17) is 10.00 Å². The first-order chi connectivity index (χ1) is 8.48. The second-order valence-corrected chi connectivity index (χ2v) is 4.61. The zero-order valence-electron chi connectivity index (χ0n) is 11.1. The highest BCUT2D eigenvalue weighted by atomic mass is 19.1. The van der Waals surface area contributed by atoms with Gasteiger partial charge in [0.25, 0.3) is 0 Å². The number of hydrogen-bond acceptors (Lipinski definition) is 3. The third-order valence-corrected chi connectivity index (χ3v) is 2.56. The third-order valence-electron chi connectivity index (χ3n) is 2.56. The SMILES string of the molecule is CCOc1ccc(CCNC(C)(C)C#N)cc1F. The van der Waals surface area contributed by atoms with E-state index in [-0.39, 0.29) is 11.6 Å². The molecule has 18 heavy (non-hydrogen) atoms. The molecule has 98 valence electrons. The number of nitrogens with one attached hydrogen (secondary N) is 1. The molecule has 0 saturated heterocycles. The minimum atomic E-state index is -0.552. The summed E-state index contributed by atoms with van der Waals surface area (Å²) in [7, 11) is 0. The van der Waals surface area contributed by atoms with Crippen LogP contribution in [0.15, 0.2) is 18.2 Å². The summed E-state index contributed by atoms with van der Waals surface area (Å²) in [5.74, 6) is -0.0551. The van der Waals surface area contributed by atoms with Crippen molar-refractivity contribution in [1.29, 1.82) is 5.26 Å². The van der Waals surface area contributed by atoms with Crippen LogP contribution in [0.3, 0.4) is 0 Å². The summed E-state index contributed by atoms with van der Waals surface area (Å²) in [5, 5.41) is 11.9. The second-order valence-electron chi connectivity index (χ2n) is 4.61. The fraction of sp³-hybridized carbons (Fsp3) is 0.500. The number of halogens is 1. The Kier molecular flexibility index (Phi) is 5.11. The molecule has 0 heterocycles. The molecular formula is C14H19FN2O. The molecule has 0 saturated carbocycles. The van der Waals surface area contributed by atoms with E-state index in [2.05, 4.69) is 11.4 Å². The molecule has 0 bridgehead atoms. The maximum atomic E-state index is 13.6. The molecule has 4 heteroatoms. The minimum Gasteiger partial charge on any atom is -0.491 e. The van der Waals surface area contributed by atoms with Gasteiger partial charge in [-0.05, 0) is 44.9 Å². The Bertz CT molecular complexity index is 438. The average molecular weight is 250 g/mol. The van der Waals surface area contributed by atoms with Crippen molar-refractivity contribution >= 4 is 0 Å². The topological polar surface area (TPSA) is 45.0 Å². The Morgan fingerprint density at radius 3 is 2.72 bits per heavy atom. The summed E-state index contributed by atoms with van der Waals surface area (Å²) >= 11 is 0. The zero-order valence-corrected chi connectivity index (χ0v) is 11.1. The van der Waals surface area contributed by atoms with Crippen molar-refractivity contribution in [2.24, 2.45) is 0 Å². The van der Waals surface area contributed by atoms with Gasteiger partial charge in [0.05, 0.1) is 12.7 Å². The predicted octanol–water partition coefficient (Wildman–Crippen LogP) is 2.66. The molecule has 0 fully saturated rings. The van der Waals surface area contributed by atoms with Crippen LogP contribution in [0.25, 0.3) is 0 Å². The fourth-order valence-corrected chi connectivity index (χ4v) is 1.53. The van der Waals surface area contributed by atoms with Crippen molar-refractivity contribution < 1.29 is 9.13 Å². The third kappa shape index (κ3) is 4.34. The van der Waals surface area contributed by atoms with Crippen molar-refractivity contribution in [3.05, 3.63) is 29.6 Å². The molecule has 1 aromatic rings. The number of nitrogens with zero attached hydrogens (tertiary/aromatic N) is 1. The first kappa shape index (κ1) is 14.5. The van der Waals surface area contributed by atoms with E-state index in [0.29, 0.717) is 19.6 Å². The van der Waals surface area contributed by atoms with Crippen LogP contribution in [0.1, 0.15) is 26.3 Å². The lowest BCUT2D eigenvalue weighted by molar-refractivity contribution is 0.321. The number of hydrogen-bond donors (Lipinski definition) is 1.